The smallest absolute Gasteiger partial charge is 0.125 e. The lowest BCUT2D eigenvalue weighted by atomic mass is 9.84. The van der Waals surface area contributed by atoms with Crippen molar-refractivity contribution in [2.75, 3.05) is 6.54 Å². The summed E-state index contributed by atoms with van der Waals surface area (Å²) < 4.78 is 0. The Morgan fingerprint density at radius 3 is 2.78 bits per heavy atom. The van der Waals surface area contributed by atoms with Gasteiger partial charge < -0.3 is 5.32 Å². The van der Waals surface area contributed by atoms with Crippen molar-refractivity contribution in [3.63, 3.8) is 0 Å². The lowest BCUT2D eigenvalue weighted by molar-refractivity contribution is 0.299. The van der Waals surface area contributed by atoms with Crippen molar-refractivity contribution in [2.45, 2.75) is 58.4 Å². The van der Waals surface area contributed by atoms with E-state index < -0.39 is 0 Å². The van der Waals surface area contributed by atoms with Crippen LogP contribution in [0.15, 0.2) is 12.3 Å². The molecule has 3 nitrogen and oxygen atoms in total. The van der Waals surface area contributed by atoms with Gasteiger partial charge in [-0.1, -0.05) is 39.0 Å². The summed E-state index contributed by atoms with van der Waals surface area (Å²) in [6.07, 6.45) is 10.1. The molecule has 0 aliphatic heterocycles. The molecule has 1 aliphatic carbocycles. The Bertz CT molecular complexity index is 359. The number of aryl methyl sites for hydroxylation is 1. The van der Waals surface area contributed by atoms with E-state index in [1.54, 1.807) is 0 Å². The quantitative estimate of drug-likeness (QED) is 0.866. The lowest BCUT2D eigenvalue weighted by Gasteiger charge is -2.26. The van der Waals surface area contributed by atoms with E-state index in [-0.39, 0.29) is 0 Å². The van der Waals surface area contributed by atoms with Crippen LogP contribution in [0.2, 0.25) is 0 Å². The molecule has 2 rings (SSSR count). The topological polar surface area (TPSA) is 37.8 Å². The Hall–Kier alpha value is -0.960. The van der Waals surface area contributed by atoms with E-state index in [0.29, 0.717) is 6.04 Å². The summed E-state index contributed by atoms with van der Waals surface area (Å²) >= 11 is 0. The molecule has 1 N–H and O–H groups in total. The lowest BCUT2D eigenvalue weighted by Crippen LogP contribution is -2.25. The average Bonchev–Trinajstić information content (AvgIpc) is 2.39. The zero-order valence-corrected chi connectivity index (χ0v) is 11.7. The van der Waals surface area contributed by atoms with Gasteiger partial charge >= 0.3 is 0 Å². The van der Waals surface area contributed by atoms with E-state index in [1.807, 2.05) is 13.1 Å². The van der Waals surface area contributed by atoms with E-state index in [1.165, 1.54) is 38.5 Å². The molecule has 3 heteroatoms. The highest BCUT2D eigenvalue weighted by molar-refractivity contribution is 5.07. The third-order valence-electron chi connectivity index (χ3n) is 3.90. The SMILES string of the molecule is CCNC(CC1CCCCC1)c1ccnc(C)n1. The molecule has 1 aromatic rings. The first-order valence-electron chi connectivity index (χ1n) is 7.32. The molecule has 0 aromatic carbocycles. The summed E-state index contributed by atoms with van der Waals surface area (Å²) in [5.74, 6) is 1.75. The maximum atomic E-state index is 4.58. The fraction of sp³-hybridized carbons (Fsp3) is 0.733. The molecule has 1 unspecified atom stereocenters. The molecule has 0 amide bonds. The van der Waals surface area contributed by atoms with E-state index in [4.69, 9.17) is 0 Å². The summed E-state index contributed by atoms with van der Waals surface area (Å²) in [6, 6.07) is 2.46. The fourth-order valence-corrected chi connectivity index (χ4v) is 2.98. The van der Waals surface area contributed by atoms with Crippen molar-refractivity contribution in [1.29, 1.82) is 0 Å². The molecule has 1 aromatic heterocycles. The minimum atomic E-state index is 0.403. The largest absolute Gasteiger partial charge is 0.309 e. The minimum absolute atomic E-state index is 0.403. The molecule has 0 spiro atoms. The highest BCUT2D eigenvalue weighted by Crippen LogP contribution is 2.31. The van der Waals surface area contributed by atoms with Gasteiger partial charge in [-0.15, -0.1) is 0 Å². The second-order valence-electron chi connectivity index (χ2n) is 5.38. The van der Waals surface area contributed by atoms with Gasteiger partial charge in [-0.2, -0.15) is 0 Å². The van der Waals surface area contributed by atoms with Gasteiger partial charge in [0, 0.05) is 12.2 Å². The fourth-order valence-electron chi connectivity index (χ4n) is 2.98. The predicted octanol–water partition coefficient (Wildman–Crippen LogP) is 3.41. The molecule has 0 saturated heterocycles. The van der Waals surface area contributed by atoms with Crippen LogP contribution < -0.4 is 5.32 Å². The van der Waals surface area contributed by atoms with Gasteiger partial charge in [-0.3, -0.25) is 0 Å². The molecule has 1 saturated carbocycles. The summed E-state index contributed by atoms with van der Waals surface area (Å²) in [7, 11) is 0. The Kier molecular flexibility index (Phi) is 5.12. The van der Waals surface area contributed by atoms with E-state index in [0.717, 1.165) is 24.0 Å². The Morgan fingerprint density at radius 2 is 2.11 bits per heavy atom. The predicted molar refractivity (Wildman–Crippen MR) is 74.4 cm³/mol. The molecular weight excluding hydrogens is 222 g/mol. The number of aromatic nitrogens is 2. The summed E-state index contributed by atoms with van der Waals surface area (Å²) in [5.41, 5.74) is 1.16. The highest BCUT2D eigenvalue weighted by atomic mass is 15.0. The monoisotopic (exact) mass is 247 g/mol. The van der Waals surface area contributed by atoms with Crippen LogP contribution in [0.3, 0.4) is 0 Å². The van der Waals surface area contributed by atoms with E-state index in [2.05, 4.69) is 28.3 Å². The average molecular weight is 247 g/mol. The Morgan fingerprint density at radius 1 is 1.33 bits per heavy atom. The second kappa shape index (κ2) is 6.83. The van der Waals surface area contributed by atoms with Crippen LogP contribution >= 0.6 is 0 Å². The third-order valence-corrected chi connectivity index (χ3v) is 3.90. The summed E-state index contributed by atoms with van der Waals surface area (Å²) in [5, 5.41) is 3.58. The van der Waals surface area contributed by atoms with Crippen LogP contribution in [0.5, 0.6) is 0 Å². The number of hydrogen-bond donors (Lipinski definition) is 1. The van der Waals surface area contributed by atoms with Gasteiger partial charge in [-0.05, 0) is 31.9 Å². The molecular formula is C15H25N3. The number of hydrogen-bond acceptors (Lipinski definition) is 3. The molecule has 1 atom stereocenters. The first kappa shape index (κ1) is 13.5. The van der Waals surface area contributed by atoms with Crippen LogP contribution in [-0.4, -0.2) is 16.5 Å². The minimum Gasteiger partial charge on any atom is -0.309 e. The molecule has 1 fully saturated rings. The van der Waals surface area contributed by atoms with Gasteiger partial charge in [0.1, 0.15) is 5.82 Å². The first-order valence-corrected chi connectivity index (χ1v) is 7.32. The Balaban J connectivity index is 2.02. The van der Waals surface area contributed by atoms with Crippen molar-refractivity contribution in [1.82, 2.24) is 15.3 Å². The summed E-state index contributed by atoms with van der Waals surface area (Å²) in [4.78, 5) is 8.77. The standard InChI is InChI=1S/C15H25N3/c1-3-16-15(11-13-7-5-4-6-8-13)14-9-10-17-12(2)18-14/h9-10,13,15-16H,3-8,11H2,1-2H3. The van der Waals surface area contributed by atoms with Crippen LogP contribution in [0.4, 0.5) is 0 Å². The first-order chi connectivity index (χ1) is 8.79. The van der Waals surface area contributed by atoms with Gasteiger partial charge in [0.05, 0.1) is 5.69 Å². The van der Waals surface area contributed by atoms with Crippen LogP contribution in [0.1, 0.15) is 63.0 Å². The van der Waals surface area contributed by atoms with Crippen LogP contribution in [-0.2, 0) is 0 Å². The zero-order chi connectivity index (χ0) is 12.8. The second-order valence-corrected chi connectivity index (χ2v) is 5.38. The van der Waals surface area contributed by atoms with Gasteiger partial charge in [0.25, 0.3) is 0 Å². The zero-order valence-electron chi connectivity index (χ0n) is 11.7. The number of nitrogens with one attached hydrogen (secondary N) is 1. The molecule has 1 aliphatic rings. The van der Waals surface area contributed by atoms with Crippen molar-refractivity contribution < 1.29 is 0 Å². The molecule has 18 heavy (non-hydrogen) atoms. The molecule has 0 radical (unpaired) electrons. The molecule has 1 heterocycles. The van der Waals surface area contributed by atoms with E-state index >= 15 is 0 Å². The molecule has 0 bridgehead atoms. The maximum absolute atomic E-state index is 4.58. The highest BCUT2D eigenvalue weighted by Gasteiger charge is 2.20. The molecule has 100 valence electrons. The normalized spacial score (nSPS) is 18.8. The number of nitrogens with zero attached hydrogens (tertiary/aromatic N) is 2. The summed E-state index contributed by atoms with van der Waals surface area (Å²) in [6.45, 7) is 5.13. The van der Waals surface area contributed by atoms with Crippen molar-refractivity contribution in [2.24, 2.45) is 5.92 Å². The van der Waals surface area contributed by atoms with Crippen molar-refractivity contribution in [3.05, 3.63) is 23.8 Å². The van der Waals surface area contributed by atoms with Crippen molar-refractivity contribution >= 4 is 0 Å². The number of rotatable bonds is 5. The van der Waals surface area contributed by atoms with Crippen molar-refractivity contribution in [3.8, 4) is 0 Å². The van der Waals surface area contributed by atoms with Gasteiger partial charge in [-0.25, -0.2) is 9.97 Å². The van der Waals surface area contributed by atoms with Crippen LogP contribution in [0.25, 0.3) is 0 Å². The van der Waals surface area contributed by atoms with Crippen LogP contribution in [0, 0.1) is 12.8 Å². The third kappa shape index (κ3) is 3.77. The van der Waals surface area contributed by atoms with E-state index in [9.17, 15) is 0 Å². The van der Waals surface area contributed by atoms with Gasteiger partial charge in [0.15, 0.2) is 0 Å². The van der Waals surface area contributed by atoms with Gasteiger partial charge in [0.2, 0.25) is 0 Å². The Labute approximate surface area is 110 Å². The maximum Gasteiger partial charge on any atom is 0.125 e.